The van der Waals surface area contributed by atoms with Gasteiger partial charge in [-0.15, -0.1) is 0 Å². The molecule has 0 fully saturated rings. The Morgan fingerprint density at radius 2 is 1.85 bits per heavy atom. The summed E-state index contributed by atoms with van der Waals surface area (Å²) in [6, 6.07) is 13.3. The van der Waals surface area contributed by atoms with Gasteiger partial charge < -0.3 is 15.2 Å². The number of para-hydroxylation sites is 1. The van der Waals surface area contributed by atoms with Crippen LogP contribution in [0.2, 0.25) is 5.02 Å². The van der Waals surface area contributed by atoms with Gasteiger partial charge in [0.1, 0.15) is 12.4 Å². The summed E-state index contributed by atoms with van der Waals surface area (Å²) in [6.45, 7) is 1.34. The van der Waals surface area contributed by atoms with Crippen molar-refractivity contribution < 1.29 is 19.4 Å². The van der Waals surface area contributed by atoms with Crippen molar-refractivity contribution in [3.63, 3.8) is 0 Å². The molecule has 0 radical (unpaired) electrons. The first-order chi connectivity index (χ1) is 12.5. The third kappa shape index (κ3) is 5.58. The molecule has 0 heterocycles. The van der Waals surface area contributed by atoms with E-state index in [0.29, 0.717) is 22.1 Å². The van der Waals surface area contributed by atoms with E-state index in [9.17, 15) is 9.59 Å². The molecule has 2 rings (SSSR count). The number of carbonyl (C=O) groups is 2. The Balaban J connectivity index is 2.07. The molecule has 0 aliphatic rings. The molecular formula is C18H18ClN3O4. The number of aliphatic hydroxyl groups is 1. The van der Waals surface area contributed by atoms with Crippen LogP contribution < -0.4 is 15.5 Å². The number of anilines is 2. The third-order valence-corrected chi connectivity index (χ3v) is 3.51. The lowest BCUT2D eigenvalue weighted by molar-refractivity contribution is -0.114. The van der Waals surface area contributed by atoms with Gasteiger partial charge in [-0.25, -0.2) is 0 Å². The van der Waals surface area contributed by atoms with Gasteiger partial charge in [0.25, 0.3) is 5.91 Å². The first kappa shape index (κ1) is 19.4. The second-order valence-corrected chi connectivity index (χ2v) is 5.57. The van der Waals surface area contributed by atoms with Crippen molar-refractivity contribution >= 4 is 40.4 Å². The van der Waals surface area contributed by atoms with Crippen molar-refractivity contribution in [1.82, 2.24) is 0 Å². The number of benzene rings is 2. The van der Waals surface area contributed by atoms with Crippen LogP contribution in [0.25, 0.3) is 0 Å². The Morgan fingerprint density at radius 3 is 2.46 bits per heavy atom. The SMILES string of the molecule is CC(=O)/C(=N/Nc1ccccc1Cl)C(=O)Nc1ccc(OCCO)cc1. The van der Waals surface area contributed by atoms with Crippen molar-refractivity contribution in [3.05, 3.63) is 53.6 Å². The van der Waals surface area contributed by atoms with Crippen LogP contribution in [0.5, 0.6) is 5.75 Å². The van der Waals surface area contributed by atoms with Crippen molar-refractivity contribution in [1.29, 1.82) is 0 Å². The Labute approximate surface area is 155 Å². The summed E-state index contributed by atoms with van der Waals surface area (Å²) < 4.78 is 5.24. The average Bonchev–Trinajstić information content (AvgIpc) is 2.62. The Kier molecular flexibility index (Phi) is 7.13. The molecule has 7 nitrogen and oxygen atoms in total. The highest BCUT2D eigenvalue weighted by Gasteiger charge is 2.17. The van der Waals surface area contributed by atoms with Gasteiger partial charge in [0.15, 0.2) is 11.5 Å². The lowest BCUT2D eigenvalue weighted by atomic mass is 10.2. The van der Waals surface area contributed by atoms with Gasteiger partial charge in [0.2, 0.25) is 0 Å². The van der Waals surface area contributed by atoms with Crippen LogP contribution in [0.15, 0.2) is 53.6 Å². The summed E-state index contributed by atoms with van der Waals surface area (Å²) in [5.74, 6) is -0.594. The minimum absolute atomic E-state index is 0.0879. The topological polar surface area (TPSA) is 100 Å². The molecule has 2 aromatic carbocycles. The predicted octanol–water partition coefficient (Wildman–Crippen LogP) is 2.71. The lowest BCUT2D eigenvalue weighted by Crippen LogP contribution is -2.29. The van der Waals surface area contributed by atoms with E-state index in [1.807, 2.05) is 0 Å². The average molecular weight is 376 g/mol. The maximum absolute atomic E-state index is 12.3. The highest BCUT2D eigenvalue weighted by Crippen LogP contribution is 2.20. The standard InChI is InChI=1S/C18H18ClN3O4/c1-12(24)17(22-21-16-5-3-2-4-15(16)19)18(25)20-13-6-8-14(9-7-13)26-11-10-23/h2-9,21,23H,10-11H2,1H3,(H,20,25)/b22-17-. The molecule has 0 bridgehead atoms. The van der Waals surface area contributed by atoms with E-state index in [4.69, 9.17) is 21.4 Å². The third-order valence-electron chi connectivity index (χ3n) is 3.18. The van der Waals surface area contributed by atoms with Crippen LogP contribution in [0.1, 0.15) is 6.92 Å². The molecular weight excluding hydrogens is 358 g/mol. The number of hydrogen-bond donors (Lipinski definition) is 3. The highest BCUT2D eigenvalue weighted by molar-refractivity contribution is 6.67. The Hall–Kier alpha value is -2.90. The van der Waals surface area contributed by atoms with Gasteiger partial charge in [-0.3, -0.25) is 15.0 Å². The number of hydrazone groups is 1. The summed E-state index contributed by atoms with van der Waals surface area (Å²) in [6.07, 6.45) is 0. The number of amides is 1. The molecule has 3 N–H and O–H groups in total. The van der Waals surface area contributed by atoms with Crippen LogP contribution in [-0.2, 0) is 9.59 Å². The van der Waals surface area contributed by atoms with Gasteiger partial charge in [-0.05, 0) is 36.4 Å². The van der Waals surface area contributed by atoms with Crippen molar-refractivity contribution in [2.24, 2.45) is 5.10 Å². The molecule has 0 saturated carbocycles. The normalized spacial score (nSPS) is 11.0. The first-order valence-corrected chi connectivity index (χ1v) is 8.13. The molecule has 8 heteroatoms. The zero-order chi connectivity index (χ0) is 18.9. The number of nitrogens with zero attached hydrogens (tertiary/aromatic N) is 1. The summed E-state index contributed by atoms with van der Waals surface area (Å²) in [4.78, 5) is 24.1. The monoisotopic (exact) mass is 375 g/mol. The zero-order valence-corrected chi connectivity index (χ0v) is 14.8. The van der Waals surface area contributed by atoms with E-state index in [-0.39, 0.29) is 18.9 Å². The molecule has 1 amide bonds. The van der Waals surface area contributed by atoms with Crippen molar-refractivity contribution in [2.45, 2.75) is 6.92 Å². The quantitative estimate of drug-likeness (QED) is 0.374. The molecule has 136 valence electrons. The summed E-state index contributed by atoms with van der Waals surface area (Å²) in [5, 5.41) is 15.6. The highest BCUT2D eigenvalue weighted by atomic mass is 35.5. The van der Waals surface area contributed by atoms with E-state index < -0.39 is 11.7 Å². The van der Waals surface area contributed by atoms with Crippen LogP contribution >= 0.6 is 11.6 Å². The Bertz CT molecular complexity index is 806. The van der Waals surface area contributed by atoms with Gasteiger partial charge in [0, 0.05) is 12.6 Å². The van der Waals surface area contributed by atoms with Gasteiger partial charge >= 0.3 is 0 Å². The van der Waals surface area contributed by atoms with E-state index in [1.165, 1.54) is 6.92 Å². The number of halogens is 1. The maximum Gasteiger partial charge on any atom is 0.279 e. The van der Waals surface area contributed by atoms with Gasteiger partial charge in [-0.1, -0.05) is 23.7 Å². The van der Waals surface area contributed by atoms with Crippen molar-refractivity contribution in [3.8, 4) is 5.75 Å². The van der Waals surface area contributed by atoms with Gasteiger partial charge in [0.05, 0.1) is 17.3 Å². The maximum atomic E-state index is 12.3. The summed E-state index contributed by atoms with van der Waals surface area (Å²) in [7, 11) is 0. The van der Waals surface area contributed by atoms with Gasteiger partial charge in [-0.2, -0.15) is 5.10 Å². The second kappa shape index (κ2) is 9.55. The first-order valence-electron chi connectivity index (χ1n) is 7.75. The Morgan fingerprint density at radius 1 is 1.15 bits per heavy atom. The lowest BCUT2D eigenvalue weighted by Gasteiger charge is -2.09. The largest absolute Gasteiger partial charge is 0.491 e. The number of rotatable bonds is 8. The number of nitrogens with one attached hydrogen (secondary N) is 2. The van der Waals surface area contributed by atoms with Crippen LogP contribution in [-0.4, -0.2) is 35.7 Å². The van der Waals surface area contributed by atoms with Crippen LogP contribution in [0.3, 0.4) is 0 Å². The summed E-state index contributed by atoms with van der Waals surface area (Å²) in [5.41, 5.74) is 3.29. The molecule has 0 spiro atoms. The number of Topliss-reactive ketones (excluding diaryl/α,β-unsaturated/α-hetero) is 1. The molecule has 0 aliphatic carbocycles. The minimum Gasteiger partial charge on any atom is -0.491 e. The molecule has 0 aromatic heterocycles. The van der Waals surface area contributed by atoms with Crippen molar-refractivity contribution in [2.75, 3.05) is 24.0 Å². The number of ketones is 1. The number of aliphatic hydroxyl groups excluding tert-OH is 1. The van der Waals surface area contributed by atoms with E-state index >= 15 is 0 Å². The fourth-order valence-electron chi connectivity index (χ4n) is 1.95. The molecule has 0 aliphatic heterocycles. The zero-order valence-electron chi connectivity index (χ0n) is 14.0. The van der Waals surface area contributed by atoms with E-state index in [0.717, 1.165) is 0 Å². The molecule has 0 atom stereocenters. The minimum atomic E-state index is -0.652. The molecule has 26 heavy (non-hydrogen) atoms. The second-order valence-electron chi connectivity index (χ2n) is 5.16. The molecule has 0 saturated heterocycles. The predicted molar refractivity (Wildman–Crippen MR) is 101 cm³/mol. The molecule has 0 unspecified atom stereocenters. The number of ether oxygens (including phenoxy) is 1. The molecule has 2 aromatic rings. The fraction of sp³-hybridized carbons (Fsp3) is 0.167. The number of carbonyl (C=O) groups excluding carboxylic acids is 2. The van der Waals surface area contributed by atoms with Crippen LogP contribution in [0.4, 0.5) is 11.4 Å². The van der Waals surface area contributed by atoms with E-state index in [2.05, 4.69) is 15.8 Å². The van der Waals surface area contributed by atoms with E-state index in [1.54, 1.807) is 48.5 Å². The summed E-state index contributed by atoms with van der Waals surface area (Å²) >= 11 is 6.00. The van der Waals surface area contributed by atoms with Crippen LogP contribution in [0, 0.1) is 0 Å². The fourth-order valence-corrected chi connectivity index (χ4v) is 2.12. The number of hydrogen-bond acceptors (Lipinski definition) is 6. The smallest absolute Gasteiger partial charge is 0.279 e.